The zero-order valence-corrected chi connectivity index (χ0v) is 14.9. The number of aromatic nitrogens is 1. The van der Waals surface area contributed by atoms with Crippen molar-refractivity contribution < 1.29 is 28.5 Å². The van der Waals surface area contributed by atoms with Gasteiger partial charge in [0.05, 0.1) is 10.8 Å². The quantitative estimate of drug-likeness (QED) is 0.304. The molecule has 26 heavy (non-hydrogen) atoms. The number of hydrogen-bond donors (Lipinski definition) is 3. The monoisotopic (exact) mass is 399 g/mol. The first-order valence-electron chi connectivity index (χ1n) is 7.12. The zero-order valence-electron chi connectivity index (χ0n) is 13.2. The van der Waals surface area contributed by atoms with Crippen LogP contribution in [-0.4, -0.2) is 67.0 Å². The maximum Gasteiger partial charge on any atom is 0.352 e. The molecule has 2 aliphatic heterocycles. The molecule has 1 aromatic rings. The first-order chi connectivity index (χ1) is 12.3. The fraction of sp³-hybridized carbons (Fsp3) is 0.308. The third-order valence-corrected chi connectivity index (χ3v) is 5.87. The van der Waals surface area contributed by atoms with Gasteiger partial charge < -0.3 is 21.0 Å². The number of aliphatic carboxylic acids is 1. The van der Waals surface area contributed by atoms with Crippen molar-refractivity contribution >= 4 is 50.8 Å². The molecule has 1 unspecified atom stereocenters. The Balaban J connectivity index is 1.81. The fourth-order valence-electron chi connectivity index (χ4n) is 2.57. The SMILES string of the molecule is CO/N=C(\C(=O)N[C@@H]1C(=O)N2C(C(=O)O)=CCS(=O)[C@@H]12)c1csc(N)n1. The lowest BCUT2D eigenvalue weighted by Crippen LogP contribution is -2.73. The Morgan fingerprint density at radius 1 is 1.58 bits per heavy atom. The van der Waals surface area contributed by atoms with Crippen molar-refractivity contribution in [2.45, 2.75) is 11.4 Å². The molecule has 2 amide bonds. The molecule has 0 aliphatic carbocycles. The first-order valence-corrected chi connectivity index (χ1v) is 9.38. The Labute approximate surface area is 153 Å². The number of amides is 2. The van der Waals surface area contributed by atoms with Crippen LogP contribution >= 0.6 is 11.3 Å². The summed E-state index contributed by atoms with van der Waals surface area (Å²) in [5, 5.41) is 15.9. The van der Waals surface area contributed by atoms with Gasteiger partial charge in [0.1, 0.15) is 29.9 Å². The van der Waals surface area contributed by atoms with Crippen LogP contribution in [0.5, 0.6) is 0 Å². The third kappa shape index (κ3) is 2.94. The van der Waals surface area contributed by atoms with E-state index >= 15 is 0 Å². The standard InChI is InChI=1S/C13H13N5O6S2/c1-24-17-7(5-4-25-13(14)15-5)9(19)16-8-10(20)18-6(12(21)22)2-3-26(23)11(8)18/h2,4,8,11H,3H2,1H3,(H2,14,15)(H,16,19)(H,21,22)/b17-7-/t8-,11+,26?/m1/s1. The molecular weight excluding hydrogens is 386 g/mol. The fourth-order valence-corrected chi connectivity index (χ4v) is 4.58. The molecule has 2 aliphatic rings. The number of rotatable bonds is 5. The molecule has 3 atom stereocenters. The number of thiazole rings is 1. The van der Waals surface area contributed by atoms with Gasteiger partial charge in [0.25, 0.3) is 11.8 Å². The molecule has 3 heterocycles. The minimum absolute atomic E-state index is 0.0237. The Hall–Kier alpha value is -2.80. The van der Waals surface area contributed by atoms with E-state index in [1.165, 1.54) is 18.6 Å². The van der Waals surface area contributed by atoms with Crippen molar-refractivity contribution in [2.75, 3.05) is 18.6 Å². The van der Waals surface area contributed by atoms with Crippen LogP contribution in [-0.2, 0) is 30.0 Å². The minimum atomic E-state index is -1.54. The largest absolute Gasteiger partial charge is 0.477 e. The van der Waals surface area contributed by atoms with Gasteiger partial charge in [-0.15, -0.1) is 11.3 Å². The number of carboxylic acid groups (broad SMARTS) is 1. The highest BCUT2D eigenvalue weighted by atomic mass is 32.2. The number of carboxylic acids is 1. The minimum Gasteiger partial charge on any atom is -0.477 e. The van der Waals surface area contributed by atoms with Gasteiger partial charge in [-0.2, -0.15) is 0 Å². The van der Waals surface area contributed by atoms with Gasteiger partial charge in [-0.3, -0.25) is 18.7 Å². The molecule has 1 aromatic heterocycles. The molecule has 1 saturated heterocycles. The molecule has 138 valence electrons. The molecular formula is C13H13N5O6S2. The van der Waals surface area contributed by atoms with Crippen LogP contribution in [0.4, 0.5) is 5.13 Å². The van der Waals surface area contributed by atoms with Crippen molar-refractivity contribution in [3.05, 3.63) is 22.8 Å². The zero-order chi connectivity index (χ0) is 19.0. The van der Waals surface area contributed by atoms with E-state index in [4.69, 9.17) is 10.8 Å². The molecule has 0 radical (unpaired) electrons. The number of fused-ring (bicyclic) bond motifs is 1. The maximum absolute atomic E-state index is 12.5. The first kappa shape index (κ1) is 18.0. The highest BCUT2D eigenvalue weighted by Crippen LogP contribution is 2.31. The summed E-state index contributed by atoms with van der Waals surface area (Å²) in [6, 6.07) is -1.13. The Kier molecular flexibility index (Phi) is 4.73. The van der Waals surface area contributed by atoms with Crippen molar-refractivity contribution in [1.82, 2.24) is 15.2 Å². The predicted molar refractivity (Wildman–Crippen MR) is 91.4 cm³/mol. The molecule has 0 aromatic carbocycles. The van der Waals surface area contributed by atoms with Crippen molar-refractivity contribution in [2.24, 2.45) is 5.16 Å². The van der Waals surface area contributed by atoms with E-state index in [1.807, 2.05) is 0 Å². The van der Waals surface area contributed by atoms with Gasteiger partial charge in [0.15, 0.2) is 10.8 Å². The Morgan fingerprint density at radius 3 is 2.88 bits per heavy atom. The van der Waals surface area contributed by atoms with Crippen LogP contribution < -0.4 is 11.1 Å². The van der Waals surface area contributed by atoms with E-state index in [-0.39, 0.29) is 28.0 Å². The molecule has 13 heteroatoms. The van der Waals surface area contributed by atoms with Crippen LogP contribution in [0.2, 0.25) is 0 Å². The van der Waals surface area contributed by atoms with Crippen LogP contribution in [0.25, 0.3) is 0 Å². The number of anilines is 1. The van der Waals surface area contributed by atoms with E-state index in [2.05, 4.69) is 20.3 Å². The second-order valence-electron chi connectivity index (χ2n) is 5.19. The smallest absolute Gasteiger partial charge is 0.352 e. The molecule has 3 rings (SSSR count). The van der Waals surface area contributed by atoms with E-state index in [1.54, 1.807) is 0 Å². The lowest BCUT2D eigenvalue weighted by atomic mass is 10.0. The summed E-state index contributed by atoms with van der Waals surface area (Å²) in [7, 11) is -0.309. The van der Waals surface area contributed by atoms with Crippen LogP contribution in [0.1, 0.15) is 5.69 Å². The van der Waals surface area contributed by atoms with Crippen LogP contribution in [0, 0.1) is 0 Å². The van der Waals surface area contributed by atoms with Gasteiger partial charge in [-0.05, 0) is 6.08 Å². The number of nitrogens with two attached hydrogens (primary N) is 1. The Morgan fingerprint density at radius 2 is 2.31 bits per heavy atom. The summed E-state index contributed by atoms with van der Waals surface area (Å²) in [5.41, 5.74) is 5.25. The second kappa shape index (κ2) is 6.84. The molecule has 11 nitrogen and oxygen atoms in total. The summed E-state index contributed by atoms with van der Waals surface area (Å²) in [6.45, 7) is 0. The lowest BCUT2D eigenvalue weighted by Gasteiger charge is -2.47. The van der Waals surface area contributed by atoms with Crippen LogP contribution in [0.3, 0.4) is 0 Å². The number of nitrogen functional groups attached to an aromatic ring is 1. The van der Waals surface area contributed by atoms with Crippen molar-refractivity contribution in [1.29, 1.82) is 0 Å². The number of oxime groups is 1. The number of hydrogen-bond acceptors (Lipinski definition) is 9. The number of carbonyl (C=O) groups is 3. The number of β-lactam (4-membered cyclic amide) rings is 1. The van der Waals surface area contributed by atoms with Crippen molar-refractivity contribution in [3.63, 3.8) is 0 Å². The second-order valence-corrected chi connectivity index (χ2v) is 7.65. The van der Waals surface area contributed by atoms with Gasteiger partial charge >= 0.3 is 5.97 Å². The topological polar surface area (TPSA) is 164 Å². The molecule has 0 saturated carbocycles. The lowest BCUT2D eigenvalue weighted by molar-refractivity contribution is -0.150. The highest BCUT2D eigenvalue weighted by Gasteiger charge is 2.55. The van der Waals surface area contributed by atoms with E-state index in [0.717, 1.165) is 16.2 Å². The summed E-state index contributed by atoms with van der Waals surface area (Å²) in [6.07, 6.45) is 1.22. The molecule has 0 bridgehead atoms. The summed E-state index contributed by atoms with van der Waals surface area (Å²) in [4.78, 5) is 45.5. The number of nitrogens with one attached hydrogen (secondary N) is 1. The average Bonchev–Trinajstić information content (AvgIpc) is 3.02. The van der Waals surface area contributed by atoms with E-state index in [9.17, 15) is 18.6 Å². The highest BCUT2D eigenvalue weighted by molar-refractivity contribution is 7.86. The maximum atomic E-state index is 12.5. The predicted octanol–water partition coefficient (Wildman–Crippen LogP) is -1.54. The molecule has 4 N–H and O–H groups in total. The normalized spacial score (nSPS) is 25.0. The van der Waals surface area contributed by atoms with E-state index < -0.39 is 40.0 Å². The number of carbonyl (C=O) groups excluding carboxylic acids is 2. The summed E-state index contributed by atoms with van der Waals surface area (Å²) >= 11 is 1.09. The van der Waals surface area contributed by atoms with Crippen molar-refractivity contribution in [3.8, 4) is 0 Å². The van der Waals surface area contributed by atoms with Gasteiger partial charge in [-0.25, -0.2) is 9.78 Å². The van der Waals surface area contributed by atoms with Gasteiger partial charge in [0.2, 0.25) is 0 Å². The number of nitrogens with zero attached hydrogens (tertiary/aromatic N) is 3. The third-order valence-electron chi connectivity index (χ3n) is 3.68. The van der Waals surface area contributed by atoms with Gasteiger partial charge in [0, 0.05) is 11.1 Å². The van der Waals surface area contributed by atoms with E-state index in [0.29, 0.717) is 0 Å². The summed E-state index contributed by atoms with van der Waals surface area (Å²) in [5.74, 6) is -2.77. The van der Waals surface area contributed by atoms with Crippen LogP contribution in [0.15, 0.2) is 22.3 Å². The molecule has 1 fully saturated rings. The van der Waals surface area contributed by atoms with Gasteiger partial charge in [-0.1, -0.05) is 5.16 Å². The Bertz CT molecular complexity index is 878. The summed E-state index contributed by atoms with van der Waals surface area (Å²) < 4.78 is 12.2. The average molecular weight is 399 g/mol. The molecule has 0 spiro atoms.